The van der Waals surface area contributed by atoms with Gasteiger partial charge in [0.25, 0.3) is 0 Å². The number of hydrogen-bond acceptors (Lipinski definition) is 2. The molecule has 1 aromatic carbocycles. The Bertz CT molecular complexity index is 590. The normalized spacial score (nSPS) is 13.4. The molecule has 1 N–H and O–H groups in total. The summed E-state index contributed by atoms with van der Waals surface area (Å²) in [4.78, 5) is 0. The van der Waals surface area contributed by atoms with Gasteiger partial charge in [0, 0.05) is 30.9 Å². The van der Waals surface area contributed by atoms with Crippen LogP contribution >= 0.6 is 0 Å². The molecule has 114 valence electrons. The number of rotatable bonds is 5. The van der Waals surface area contributed by atoms with Crippen molar-refractivity contribution in [1.29, 1.82) is 0 Å². The number of benzene rings is 1. The number of nitrogens with zero attached hydrogens (tertiary/aromatic N) is 2. The van der Waals surface area contributed by atoms with E-state index >= 15 is 0 Å². The number of alkyl halides is 3. The van der Waals surface area contributed by atoms with Crippen LogP contribution in [0.25, 0.3) is 0 Å². The summed E-state index contributed by atoms with van der Waals surface area (Å²) in [5, 5.41) is 7.40. The fourth-order valence-corrected chi connectivity index (χ4v) is 2.02. The van der Waals surface area contributed by atoms with Crippen molar-refractivity contribution in [2.45, 2.75) is 39.2 Å². The smallest absolute Gasteiger partial charge is 0.306 e. The Morgan fingerprint density at radius 2 is 2.10 bits per heavy atom. The zero-order valence-electron chi connectivity index (χ0n) is 12.0. The summed E-state index contributed by atoms with van der Waals surface area (Å²) in [6, 6.07) is 5.40. The Balaban J connectivity index is 1.99. The SMILES string of the molecule is CCn1cc(C(C)NCc2cccc(C(F)(F)F)c2)cn1. The molecule has 1 heterocycles. The molecule has 6 heteroatoms. The van der Waals surface area contributed by atoms with Crippen LogP contribution < -0.4 is 5.32 Å². The van der Waals surface area contributed by atoms with E-state index in [1.807, 2.05) is 24.7 Å². The van der Waals surface area contributed by atoms with Gasteiger partial charge in [-0.2, -0.15) is 18.3 Å². The van der Waals surface area contributed by atoms with Gasteiger partial charge in [0.2, 0.25) is 0 Å². The van der Waals surface area contributed by atoms with Crippen molar-refractivity contribution in [2.75, 3.05) is 0 Å². The van der Waals surface area contributed by atoms with Crippen LogP contribution in [0.3, 0.4) is 0 Å². The Morgan fingerprint density at radius 3 is 2.71 bits per heavy atom. The van der Waals surface area contributed by atoms with Crippen molar-refractivity contribution >= 4 is 0 Å². The van der Waals surface area contributed by atoms with Gasteiger partial charge in [0.1, 0.15) is 0 Å². The van der Waals surface area contributed by atoms with Gasteiger partial charge in [-0.1, -0.05) is 18.2 Å². The molecule has 0 bridgehead atoms. The van der Waals surface area contributed by atoms with Crippen molar-refractivity contribution in [3.63, 3.8) is 0 Å². The van der Waals surface area contributed by atoms with Gasteiger partial charge in [-0.25, -0.2) is 0 Å². The molecule has 0 aliphatic rings. The minimum Gasteiger partial charge on any atom is -0.306 e. The second-order valence-electron chi connectivity index (χ2n) is 4.93. The van der Waals surface area contributed by atoms with Crippen LogP contribution in [-0.2, 0) is 19.3 Å². The van der Waals surface area contributed by atoms with Crippen molar-refractivity contribution in [2.24, 2.45) is 0 Å². The zero-order chi connectivity index (χ0) is 15.5. The van der Waals surface area contributed by atoms with Crippen molar-refractivity contribution in [3.8, 4) is 0 Å². The Morgan fingerprint density at radius 1 is 1.33 bits per heavy atom. The largest absolute Gasteiger partial charge is 0.416 e. The van der Waals surface area contributed by atoms with Crippen LogP contribution in [0, 0.1) is 0 Å². The Labute approximate surface area is 121 Å². The number of hydrogen-bond donors (Lipinski definition) is 1. The first-order valence-corrected chi connectivity index (χ1v) is 6.82. The van der Waals surface area contributed by atoms with E-state index in [0.717, 1.165) is 18.2 Å². The van der Waals surface area contributed by atoms with Gasteiger partial charge in [-0.15, -0.1) is 0 Å². The first-order valence-electron chi connectivity index (χ1n) is 6.82. The number of aromatic nitrogens is 2. The molecule has 0 saturated heterocycles. The molecule has 0 saturated carbocycles. The molecule has 0 aliphatic carbocycles. The summed E-state index contributed by atoms with van der Waals surface area (Å²) in [6.45, 7) is 5.13. The van der Waals surface area contributed by atoms with Gasteiger partial charge < -0.3 is 5.32 Å². The third kappa shape index (κ3) is 4.07. The Kier molecular flexibility index (Phi) is 4.67. The molecule has 0 spiro atoms. The molecule has 2 rings (SSSR count). The van der Waals surface area contributed by atoms with E-state index in [0.29, 0.717) is 12.1 Å². The van der Waals surface area contributed by atoms with Crippen LogP contribution in [0.4, 0.5) is 13.2 Å². The minimum absolute atomic E-state index is 0.0276. The predicted molar refractivity (Wildman–Crippen MR) is 74.6 cm³/mol. The summed E-state index contributed by atoms with van der Waals surface area (Å²) in [5.41, 5.74) is 1.01. The molecular weight excluding hydrogens is 279 g/mol. The van der Waals surface area contributed by atoms with E-state index in [4.69, 9.17) is 0 Å². The van der Waals surface area contributed by atoms with E-state index in [-0.39, 0.29) is 6.04 Å². The van der Waals surface area contributed by atoms with Gasteiger partial charge in [0.15, 0.2) is 0 Å². The number of halogens is 3. The van der Waals surface area contributed by atoms with E-state index in [1.54, 1.807) is 12.3 Å². The summed E-state index contributed by atoms with van der Waals surface area (Å²) < 4.78 is 39.7. The molecule has 2 aromatic rings. The lowest BCUT2D eigenvalue weighted by Crippen LogP contribution is -2.18. The summed E-state index contributed by atoms with van der Waals surface area (Å²) in [5.74, 6) is 0. The lowest BCUT2D eigenvalue weighted by molar-refractivity contribution is -0.137. The highest BCUT2D eigenvalue weighted by atomic mass is 19.4. The quantitative estimate of drug-likeness (QED) is 0.910. The maximum Gasteiger partial charge on any atom is 0.416 e. The molecule has 3 nitrogen and oxygen atoms in total. The van der Waals surface area contributed by atoms with Gasteiger partial charge >= 0.3 is 6.18 Å². The van der Waals surface area contributed by atoms with E-state index in [9.17, 15) is 13.2 Å². The third-order valence-corrected chi connectivity index (χ3v) is 3.34. The fraction of sp³-hybridized carbons (Fsp3) is 0.400. The Hall–Kier alpha value is -1.82. The lowest BCUT2D eigenvalue weighted by Gasteiger charge is -2.13. The molecule has 0 aliphatic heterocycles. The first kappa shape index (κ1) is 15.6. The topological polar surface area (TPSA) is 29.9 Å². The average Bonchev–Trinajstić information content (AvgIpc) is 2.93. The van der Waals surface area contributed by atoms with Crippen molar-refractivity contribution in [3.05, 3.63) is 53.3 Å². The highest BCUT2D eigenvalue weighted by Crippen LogP contribution is 2.29. The van der Waals surface area contributed by atoms with Crippen molar-refractivity contribution < 1.29 is 13.2 Å². The van der Waals surface area contributed by atoms with Crippen molar-refractivity contribution in [1.82, 2.24) is 15.1 Å². The number of aryl methyl sites for hydroxylation is 1. The van der Waals surface area contributed by atoms with E-state index in [2.05, 4.69) is 10.4 Å². The van der Waals surface area contributed by atoms with E-state index < -0.39 is 11.7 Å². The molecule has 1 unspecified atom stereocenters. The van der Waals surface area contributed by atoms with Gasteiger partial charge in [-0.05, 0) is 25.5 Å². The minimum atomic E-state index is -4.30. The molecule has 1 aromatic heterocycles. The van der Waals surface area contributed by atoms with Crippen LogP contribution in [0.1, 0.15) is 36.6 Å². The number of nitrogens with one attached hydrogen (secondary N) is 1. The molecule has 0 amide bonds. The standard InChI is InChI=1S/C15H18F3N3/c1-3-21-10-13(9-20-21)11(2)19-8-12-5-4-6-14(7-12)15(16,17)18/h4-7,9-11,19H,3,8H2,1-2H3. The first-order chi connectivity index (χ1) is 9.90. The monoisotopic (exact) mass is 297 g/mol. The molecular formula is C15H18F3N3. The molecule has 0 radical (unpaired) electrons. The third-order valence-electron chi connectivity index (χ3n) is 3.34. The van der Waals surface area contributed by atoms with E-state index in [1.165, 1.54) is 12.1 Å². The zero-order valence-corrected chi connectivity index (χ0v) is 12.0. The van der Waals surface area contributed by atoms with Gasteiger partial charge in [-0.3, -0.25) is 4.68 Å². The highest BCUT2D eigenvalue weighted by Gasteiger charge is 2.30. The highest BCUT2D eigenvalue weighted by molar-refractivity contribution is 5.25. The maximum atomic E-state index is 12.6. The fourth-order valence-electron chi connectivity index (χ4n) is 2.02. The lowest BCUT2D eigenvalue weighted by atomic mass is 10.1. The van der Waals surface area contributed by atoms with Gasteiger partial charge in [0.05, 0.1) is 11.8 Å². The predicted octanol–water partition coefficient (Wildman–Crippen LogP) is 3.77. The molecule has 21 heavy (non-hydrogen) atoms. The van der Waals surface area contributed by atoms with Crippen LogP contribution in [-0.4, -0.2) is 9.78 Å². The molecule has 0 fully saturated rings. The average molecular weight is 297 g/mol. The summed E-state index contributed by atoms with van der Waals surface area (Å²) in [7, 11) is 0. The van der Waals surface area contributed by atoms with Crippen LogP contribution in [0.15, 0.2) is 36.7 Å². The summed E-state index contributed by atoms with van der Waals surface area (Å²) in [6.07, 6.45) is -0.596. The molecule has 1 atom stereocenters. The van der Waals surface area contributed by atoms with Crippen LogP contribution in [0.5, 0.6) is 0 Å². The maximum absolute atomic E-state index is 12.6. The second kappa shape index (κ2) is 6.30. The summed E-state index contributed by atoms with van der Waals surface area (Å²) >= 11 is 0. The van der Waals surface area contributed by atoms with Crippen LogP contribution in [0.2, 0.25) is 0 Å². The second-order valence-corrected chi connectivity index (χ2v) is 4.93.